The number of rotatable bonds is 8. The largest absolute Gasteiger partial charge is 0.497 e. The van der Waals surface area contributed by atoms with Gasteiger partial charge in [-0.25, -0.2) is 9.59 Å². The standard InChI is InChI=1S/C12H14O3.C11H12O4/c1-4-5-9-8-10(14-2)6-7-11(9)12(13)15-3;1-14-9-3-4-10(11(13)15-2)8(7-9)5-6-12/h4,6-8H,1,5H2,2-3H3;3-4,6-7H,5H2,1-2H3. The number of carbonyl (C=O) groups excluding carboxylic acids is 3. The average Bonchev–Trinajstić information content (AvgIpc) is 2.78. The van der Waals surface area contributed by atoms with Crippen molar-refractivity contribution in [1.29, 1.82) is 0 Å². The van der Waals surface area contributed by atoms with Gasteiger partial charge in [0.05, 0.1) is 39.6 Å². The van der Waals surface area contributed by atoms with E-state index < -0.39 is 5.97 Å². The molecule has 2 rings (SSSR count). The summed E-state index contributed by atoms with van der Waals surface area (Å²) in [5.74, 6) is 0.544. The number of aldehydes is 1. The molecule has 0 saturated heterocycles. The van der Waals surface area contributed by atoms with Gasteiger partial charge in [-0.2, -0.15) is 0 Å². The number of ether oxygens (including phenoxy) is 4. The van der Waals surface area contributed by atoms with Crippen molar-refractivity contribution >= 4 is 18.2 Å². The Labute approximate surface area is 176 Å². The van der Waals surface area contributed by atoms with E-state index in [0.717, 1.165) is 17.6 Å². The summed E-state index contributed by atoms with van der Waals surface area (Å²) in [7, 11) is 5.78. The van der Waals surface area contributed by atoms with Crippen molar-refractivity contribution in [3.8, 4) is 11.5 Å². The number of benzene rings is 2. The van der Waals surface area contributed by atoms with Gasteiger partial charge in [0.2, 0.25) is 0 Å². The van der Waals surface area contributed by atoms with Crippen LogP contribution in [-0.4, -0.2) is 46.7 Å². The van der Waals surface area contributed by atoms with Crippen LogP contribution in [0.2, 0.25) is 0 Å². The summed E-state index contributed by atoms with van der Waals surface area (Å²) in [6.45, 7) is 3.64. The molecule has 0 N–H and O–H groups in total. The number of esters is 2. The molecule has 7 nitrogen and oxygen atoms in total. The molecule has 0 aromatic heterocycles. The molecule has 0 aliphatic rings. The van der Waals surface area contributed by atoms with Crippen molar-refractivity contribution < 1.29 is 33.3 Å². The highest BCUT2D eigenvalue weighted by atomic mass is 16.5. The summed E-state index contributed by atoms with van der Waals surface area (Å²) in [5, 5.41) is 0. The summed E-state index contributed by atoms with van der Waals surface area (Å²) in [5.41, 5.74) is 2.41. The van der Waals surface area contributed by atoms with E-state index >= 15 is 0 Å². The van der Waals surface area contributed by atoms with Gasteiger partial charge in [-0.3, -0.25) is 0 Å². The van der Waals surface area contributed by atoms with E-state index in [4.69, 9.17) is 9.47 Å². The molecule has 0 fully saturated rings. The molecule has 0 aliphatic heterocycles. The maximum atomic E-state index is 11.4. The summed E-state index contributed by atoms with van der Waals surface area (Å²) < 4.78 is 19.4. The van der Waals surface area contributed by atoms with Gasteiger partial charge in [-0.15, -0.1) is 6.58 Å². The first-order valence-electron chi connectivity index (χ1n) is 9.00. The van der Waals surface area contributed by atoms with Crippen molar-refractivity contribution in [3.05, 3.63) is 71.3 Å². The maximum Gasteiger partial charge on any atom is 0.338 e. The molecule has 7 heteroatoms. The topological polar surface area (TPSA) is 88.1 Å². The van der Waals surface area contributed by atoms with E-state index in [-0.39, 0.29) is 12.4 Å². The predicted molar refractivity (Wildman–Crippen MR) is 112 cm³/mol. The van der Waals surface area contributed by atoms with E-state index in [1.165, 1.54) is 21.3 Å². The van der Waals surface area contributed by atoms with Crippen LogP contribution in [0.1, 0.15) is 31.8 Å². The van der Waals surface area contributed by atoms with Crippen molar-refractivity contribution in [3.63, 3.8) is 0 Å². The van der Waals surface area contributed by atoms with Crippen LogP contribution in [0.5, 0.6) is 11.5 Å². The van der Waals surface area contributed by atoms with Crippen molar-refractivity contribution in [1.82, 2.24) is 0 Å². The number of carbonyl (C=O) groups is 3. The molecule has 0 amide bonds. The first-order chi connectivity index (χ1) is 14.4. The van der Waals surface area contributed by atoms with Gasteiger partial charge in [-0.05, 0) is 53.9 Å². The van der Waals surface area contributed by atoms with Crippen molar-refractivity contribution in [2.75, 3.05) is 28.4 Å². The average molecular weight is 414 g/mol. The Morgan fingerprint density at radius 2 is 1.23 bits per heavy atom. The molecule has 0 radical (unpaired) electrons. The molecule has 0 bridgehead atoms. The Balaban J connectivity index is 0.000000300. The van der Waals surface area contributed by atoms with Crippen LogP contribution in [0.4, 0.5) is 0 Å². The van der Waals surface area contributed by atoms with Crippen molar-refractivity contribution in [2.45, 2.75) is 12.8 Å². The molecular formula is C23H26O7. The maximum absolute atomic E-state index is 11.4. The van der Waals surface area contributed by atoms with Gasteiger partial charge in [0.15, 0.2) is 0 Å². The second kappa shape index (κ2) is 12.8. The fraction of sp³-hybridized carbons (Fsp3) is 0.261. The van der Waals surface area contributed by atoms with E-state index in [1.54, 1.807) is 43.5 Å². The highest BCUT2D eigenvalue weighted by molar-refractivity contribution is 5.92. The number of hydrogen-bond donors (Lipinski definition) is 0. The van der Waals surface area contributed by atoms with Crippen LogP contribution in [0.15, 0.2) is 49.1 Å². The number of allylic oxidation sites excluding steroid dienone is 1. The SMILES string of the molecule is C=CCc1cc(OC)ccc1C(=O)OC.COC(=O)c1ccc(OC)cc1CC=O. The van der Waals surface area contributed by atoms with E-state index in [1.807, 2.05) is 6.07 Å². The van der Waals surface area contributed by atoms with Crippen molar-refractivity contribution in [2.24, 2.45) is 0 Å². The first kappa shape index (κ1) is 24.4. The Kier molecular flexibility index (Phi) is 10.4. The minimum absolute atomic E-state index is 0.168. The lowest BCUT2D eigenvalue weighted by Crippen LogP contribution is -2.06. The zero-order valence-corrected chi connectivity index (χ0v) is 17.6. The Morgan fingerprint density at radius 3 is 1.57 bits per heavy atom. The lowest BCUT2D eigenvalue weighted by molar-refractivity contribution is -0.107. The molecule has 0 atom stereocenters. The van der Waals surface area contributed by atoms with Crippen LogP contribution in [0.3, 0.4) is 0 Å². The molecule has 160 valence electrons. The number of hydrogen-bond acceptors (Lipinski definition) is 7. The molecule has 0 heterocycles. The summed E-state index contributed by atoms with van der Waals surface area (Å²) in [4.78, 5) is 33.2. The zero-order chi connectivity index (χ0) is 22.5. The van der Waals surface area contributed by atoms with Crippen LogP contribution in [-0.2, 0) is 27.1 Å². The number of methoxy groups -OCH3 is 4. The third-order valence-electron chi connectivity index (χ3n) is 4.10. The minimum Gasteiger partial charge on any atom is -0.497 e. The zero-order valence-electron chi connectivity index (χ0n) is 17.6. The van der Waals surface area contributed by atoms with Crippen LogP contribution in [0, 0.1) is 0 Å². The molecular weight excluding hydrogens is 388 g/mol. The van der Waals surface area contributed by atoms with Crippen LogP contribution in [0.25, 0.3) is 0 Å². The quantitative estimate of drug-likeness (QED) is 0.371. The highest BCUT2D eigenvalue weighted by Gasteiger charge is 2.12. The molecule has 2 aromatic rings. The molecule has 30 heavy (non-hydrogen) atoms. The van der Waals surface area contributed by atoms with E-state index in [2.05, 4.69) is 16.1 Å². The van der Waals surface area contributed by atoms with Gasteiger partial charge < -0.3 is 23.7 Å². The monoisotopic (exact) mass is 414 g/mol. The van der Waals surface area contributed by atoms with Crippen LogP contribution < -0.4 is 9.47 Å². The fourth-order valence-corrected chi connectivity index (χ4v) is 2.60. The fourth-order valence-electron chi connectivity index (χ4n) is 2.60. The second-order valence-electron chi connectivity index (χ2n) is 5.89. The molecule has 0 saturated carbocycles. The lowest BCUT2D eigenvalue weighted by Gasteiger charge is -2.08. The van der Waals surface area contributed by atoms with Gasteiger partial charge in [-0.1, -0.05) is 6.08 Å². The molecule has 0 spiro atoms. The van der Waals surface area contributed by atoms with E-state index in [0.29, 0.717) is 28.9 Å². The normalized spacial score (nSPS) is 9.47. The third-order valence-corrected chi connectivity index (χ3v) is 4.10. The second-order valence-corrected chi connectivity index (χ2v) is 5.89. The summed E-state index contributed by atoms with van der Waals surface area (Å²) >= 11 is 0. The summed E-state index contributed by atoms with van der Waals surface area (Å²) in [6, 6.07) is 10.1. The Bertz CT molecular complexity index is 814. The Hall–Kier alpha value is -3.61. The molecule has 2 aromatic carbocycles. The Morgan fingerprint density at radius 1 is 0.800 bits per heavy atom. The first-order valence-corrected chi connectivity index (χ1v) is 9.00. The summed E-state index contributed by atoms with van der Waals surface area (Å²) in [6.07, 6.45) is 3.26. The highest BCUT2D eigenvalue weighted by Crippen LogP contribution is 2.20. The van der Waals surface area contributed by atoms with E-state index in [9.17, 15) is 14.4 Å². The predicted octanol–water partition coefficient (Wildman–Crippen LogP) is 3.43. The third kappa shape index (κ3) is 6.77. The smallest absolute Gasteiger partial charge is 0.338 e. The molecule has 0 unspecified atom stereocenters. The lowest BCUT2D eigenvalue weighted by atomic mass is 10.0. The van der Waals surface area contributed by atoms with Gasteiger partial charge in [0, 0.05) is 6.42 Å². The van der Waals surface area contributed by atoms with Gasteiger partial charge in [0.1, 0.15) is 17.8 Å². The van der Waals surface area contributed by atoms with Gasteiger partial charge in [0.25, 0.3) is 0 Å². The molecule has 0 aliphatic carbocycles. The minimum atomic E-state index is -0.450. The van der Waals surface area contributed by atoms with Gasteiger partial charge >= 0.3 is 11.9 Å². The van der Waals surface area contributed by atoms with Crippen LogP contribution >= 0.6 is 0 Å².